The van der Waals surface area contributed by atoms with Gasteiger partial charge in [0.1, 0.15) is 12.1 Å². The van der Waals surface area contributed by atoms with Gasteiger partial charge in [-0.25, -0.2) is 9.97 Å². The number of halogens is 1. The van der Waals surface area contributed by atoms with Gasteiger partial charge in [-0.2, -0.15) is 5.10 Å². The molecule has 3 heterocycles. The third-order valence-corrected chi connectivity index (χ3v) is 5.66. The van der Waals surface area contributed by atoms with Crippen LogP contribution < -0.4 is 4.90 Å². The number of piperazine rings is 1. The van der Waals surface area contributed by atoms with E-state index in [1.807, 2.05) is 23.2 Å². The smallest absolute Gasteiger partial charge is 0.253 e. The van der Waals surface area contributed by atoms with E-state index < -0.39 is 0 Å². The van der Waals surface area contributed by atoms with Crippen LogP contribution in [0.25, 0.3) is 22.0 Å². The highest BCUT2D eigenvalue weighted by Gasteiger charge is 2.24. The fraction of sp³-hybridized carbons (Fsp3) is 0.182. The predicted octanol–water partition coefficient (Wildman–Crippen LogP) is 3.64. The molecule has 150 valence electrons. The van der Waals surface area contributed by atoms with E-state index in [-0.39, 0.29) is 5.91 Å². The van der Waals surface area contributed by atoms with Crippen LogP contribution in [-0.4, -0.2) is 57.2 Å². The molecule has 1 saturated heterocycles. The summed E-state index contributed by atoms with van der Waals surface area (Å²) in [5, 5.41) is 8.50. The number of hydrogen-bond acceptors (Lipinski definition) is 5. The highest BCUT2D eigenvalue weighted by atomic mass is 35.5. The molecule has 2 aromatic carbocycles. The third-order valence-electron chi connectivity index (χ3n) is 5.40. The monoisotopic (exact) mass is 418 g/mol. The third kappa shape index (κ3) is 3.48. The van der Waals surface area contributed by atoms with Gasteiger partial charge in [0.2, 0.25) is 0 Å². The Bertz CT molecular complexity index is 1180. The second-order valence-electron chi connectivity index (χ2n) is 7.20. The van der Waals surface area contributed by atoms with E-state index in [4.69, 9.17) is 11.6 Å². The molecule has 0 unspecified atom stereocenters. The number of carbonyl (C=O) groups is 1. The summed E-state index contributed by atoms with van der Waals surface area (Å²) in [6.45, 7) is 2.69. The summed E-state index contributed by atoms with van der Waals surface area (Å²) in [5.41, 5.74) is 3.63. The van der Waals surface area contributed by atoms with Crippen LogP contribution in [0.3, 0.4) is 0 Å². The summed E-state index contributed by atoms with van der Waals surface area (Å²) in [6, 6.07) is 13.2. The van der Waals surface area contributed by atoms with Crippen molar-refractivity contribution in [1.29, 1.82) is 0 Å². The van der Waals surface area contributed by atoms with Gasteiger partial charge in [0.05, 0.1) is 11.7 Å². The number of amides is 1. The standard InChI is InChI=1S/C22H19ClN6O/c23-18-4-1-15(2-5-18)22(30)29-9-7-28(8-10-29)21-19-11-16(17-12-26-27-13-17)3-6-20(19)24-14-25-21/h1-6,11-14H,7-10H2,(H,26,27). The molecule has 1 aliphatic heterocycles. The molecule has 0 atom stereocenters. The molecule has 0 radical (unpaired) electrons. The molecule has 0 saturated carbocycles. The summed E-state index contributed by atoms with van der Waals surface area (Å²) < 4.78 is 0. The Hall–Kier alpha value is -3.45. The molecule has 0 aliphatic carbocycles. The molecule has 1 N–H and O–H groups in total. The van der Waals surface area contributed by atoms with Crippen molar-refractivity contribution in [3.05, 3.63) is 71.8 Å². The maximum atomic E-state index is 12.8. The Morgan fingerprint density at radius 2 is 1.77 bits per heavy atom. The average Bonchev–Trinajstić information content (AvgIpc) is 3.34. The number of benzene rings is 2. The van der Waals surface area contributed by atoms with Crippen molar-refractivity contribution >= 4 is 34.2 Å². The highest BCUT2D eigenvalue weighted by Crippen LogP contribution is 2.29. The number of rotatable bonds is 3. The van der Waals surface area contributed by atoms with Crippen molar-refractivity contribution in [1.82, 2.24) is 25.1 Å². The molecule has 30 heavy (non-hydrogen) atoms. The van der Waals surface area contributed by atoms with E-state index in [1.54, 1.807) is 36.8 Å². The van der Waals surface area contributed by atoms with Crippen molar-refractivity contribution in [2.75, 3.05) is 31.1 Å². The maximum absolute atomic E-state index is 12.8. The Morgan fingerprint density at radius 1 is 0.967 bits per heavy atom. The fourth-order valence-electron chi connectivity index (χ4n) is 3.78. The lowest BCUT2D eigenvalue weighted by molar-refractivity contribution is 0.0746. The van der Waals surface area contributed by atoms with Gasteiger partial charge in [-0.05, 0) is 42.0 Å². The van der Waals surface area contributed by atoms with E-state index in [0.717, 1.165) is 27.8 Å². The van der Waals surface area contributed by atoms with Crippen LogP contribution >= 0.6 is 11.6 Å². The molecule has 0 bridgehead atoms. The fourth-order valence-corrected chi connectivity index (χ4v) is 3.91. The predicted molar refractivity (Wildman–Crippen MR) is 117 cm³/mol. The molecule has 1 aliphatic rings. The Labute approximate surface area is 178 Å². The molecule has 8 heteroatoms. The van der Waals surface area contributed by atoms with Crippen LogP contribution in [0.1, 0.15) is 10.4 Å². The largest absolute Gasteiger partial charge is 0.352 e. The quantitative estimate of drug-likeness (QED) is 0.549. The van der Waals surface area contributed by atoms with Crippen molar-refractivity contribution in [3.8, 4) is 11.1 Å². The normalized spacial score (nSPS) is 14.3. The summed E-state index contributed by atoms with van der Waals surface area (Å²) in [4.78, 5) is 25.8. The van der Waals surface area contributed by atoms with E-state index in [9.17, 15) is 4.79 Å². The first-order chi connectivity index (χ1) is 14.7. The van der Waals surface area contributed by atoms with E-state index >= 15 is 0 Å². The van der Waals surface area contributed by atoms with Gasteiger partial charge in [0.25, 0.3) is 5.91 Å². The molecule has 4 aromatic rings. The number of aromatic nitrogens is 4. The number of hydrogen-bond donors (Lipinski definition) is 1. The first kappa shape index (κ1) is 18.6. The van der Waals surface area contributed by atoms with Gasteiger partial charge in [-0.1, -0.05) is 17.7 Å². The maximum Gasteiger partial charge on any atom is 0.253 e. The highest BCUT2D eigenvalue weighted by molar-refractivity contribution is 6.30. The van der Waals surface area contributed by atoms with Gasteiger partial charge < -0.3 is 9.80 Å². The van der Waals surface area contributed by atoms with Crippen molar-refractivity contribution in [2.45, 2.75) is 0 Å². The van der Waals surface area contributed by atoms with Crippen LogP contribution in [0.15, 0.2) is 61.2 Å². The van der Waals surface area contributed by atoms with Crippen LogP contribution in [0, 0.1) is 0 Å². The van der Waals surface area contributed by atoms with Gasteiger partial charge in [0, 0.05) is 53.9 Å². The zero-order chi connectivity index (χ0) is 20.5. The molecule has 1 fully saturated rings. The number of aromatic amines is 1. The summed E-state index contributed by atoms with van der Waals surface area (Å²) in [7, 11) is 0. The summed E-state index contributed by atoms with van der Waals surface area (Å²) in [5.74, 6) is 0.921. The van der Waals surface area contributed by atoms with E-state index in [1.165, 1.54) is 0 Å². The summed E-state index contributed by atoms with van der Waals surface area (Å²) in [6.07, 6.45) is 5.26. The SMILES string of the molecule is O=C(c1ccc(Cl)cc1)N1CCN(c2ncnc3ccc(-c4cn[nH]c4)cc23)CC1. The zero-order valence-electron chi connectivity index (χ0n) is 16.1. The number of H-pyrrole nitrogens is 1. The number of anilines is 1. The van der Waals surface area contributed by atoms with Crippen molar-refractivity contribution in [2.24, 2.45) is 0 Å². The van der Waals surface area contributed by atoms with Crippen molar-refractivity contribution < 1.29 is 4.79 Å². The van der Waals surface area contributed by atoms with Crippen LogP contribution in [-0.2, 0) is 0 Å². The Balaban J connectivity index is 1.37. The lowest BCUT2D eigenvalue weighted by Gasteiger charge is -2.35. The average molecular weight is 419 g/mol. The van der Waals surface area contributed by atoms with Gasteiger partial charge in [-0.3, -0.25) is 9.89 Å². The zero-order valence-corrected chi connectivity index (χ0v) is 16.9. The Morgan fingerprint density at radius 3 is 2.50 bits per heavy atom. The number of fused-ring (bicyclic) bond motifs is 1. The number of carbonyl (C=O) groups excluding carboxylic acids is 1. The van der Waals surface area contributed by atoms with Gasteiger partial charge >= 0.3 is 0 Å². The minimum atomic E-state index is 0.0288. The lowest BCUT2D eigenvalue weighted by atomic mass is 10.1. The topological polar surface area (TPSA) is 78.0 Å². The second kappa shape index (κ2) is 7.76. The van der Waals surface area contributed by atoms with Crippen molar-refractivity contribution in [3.63, 3.8) is 0 Å². The number of nitrogens with one attached hydrogen (secondary N) is 1. The Kier molecular flexibility index (Phi) is 4.80. The van der Waals surface area contributed by atoms with E-state index in [2.05, 4.69) is 31.1 Å². The van der Waals surface area contributed by atoms with E-state index in [0.29, 0.717) is 36.8 Å². The number of nitrogens with zero attached hydrogens (tertiary/aromatic N) is 5. The van der Waals surface area contributed by atoms with Gasteiger partial charge in [0.15, 0.2) is 0 Å². The first-order valence-corrected chi connectivity index (χ1v) is 10.1. The molecule has 0 spiro atoms. The molecule has 1 amide bonds. The molecule has 7 nitrogen and oxygen atoms in total. The van der Waals surface area contributed by atoms with Crippen LogP contribution in [0.4, 0.5) is 5.82 Å². The summed E-state index contributed by atoms with van der Waals surface area (Å²) >= 11 is 5.93. The van der Waals surface area contributed by atoms with Crippen LogP contribution in [0.2, 0.25) is 5.02 Å². The molecular weight excluding hydrogens is 400 g/mol. The van der Waals surface area contributed by atoms with Gasteiger partial charge in [-0.15, -0.1) is 0 Å². The lowest BCUT2D eigenvalue weighted by Crippen LogP contribution is -2.49. The molecular formula is C22H19ClN6O. The minimum Gasteiger partial charge on any atom is -0.352 e. The van der Waals surface area contributed by atoms with Crippen LogP contribution in [0.5, 0.6) is 0 Å². The molecule has 5 rings (SSSR count). The minimum absolute atomic E-state index is 0.0288. The molecule has 2 aromatic heterocycles. The second-order valence-corrected chi connectivity index (χ2v) is 7.64. The first-order valence-electron chi connectivity index (χ1n) is 9.73.